The Morgan fingerprint density at radius 3 is 2.59 bits per heavy atom. The summed E-state index contributed by atoms with van der Waals surface area (Å²) in [6.07, 6.45) is 2.73. The molecule has 0 aliphatic heterocycles. The molecule has 2 aromatic heterocycles. The van der Waals surface area contributed by atoms with Crippen molar-refractivity contribution in [3.8, 4) is 0 Å². The van der Waals surface area contributed by atoms with E-state index in [-0.39, 0.29) is 23.4 Å². The van der Waals surface area contributed by atoms with Crippen LogP contribution in [0.1, 0.15) is 33.2 Å². The van der Waals surface area contributed by atoms with Gasteiger partial charge in [-0.15, -0.1) is 0 Å². The average Bonchev–Trinajstić information content (AvgIpc) is 2.79. The standard InChI is InChI=1S/C24H18ClFN2O4/c25-19-8-4-7-15(22(19)26)9-16-10-17-20(11-27-16)28(12-18(23(17)30)24(31)32)21(13-29)14-5-2-1-3-6-14/h1-8,10-12,21,29H,9,13H2,(H,31,32)/t21-/m0/s1. The van der Waals surface area contributed by atoms with E-state index in [2.05, 4.69) is 4.98 Å². The molecule has 0 fully saturated rings. The minimum Gasteiger partial charge on any atom is -0.477 e. The van der Waals surface area contributed by atoms with Crippen LogP contribution < -0.4 is 5.43 Å². The van der Waals surface area contributed by atoms with Gasteiger partial charge in [-0.3, -0.25) is 9.78 Å². The molecule has 0 aliphatic carbocycles. The normalized spacial score (nSPS) is 12.1. The number of aliphatic hydroxyl groups excluding tert-OH is 1. The molecule has 4 rings (SSSR count). The topological polar surface area (TPSA) is 92.4 Å². The predicted molar refractivity (Wildman–Crippen MR) is 119 cm³/mol. The first kappa shape index (κ1) is 21.7. The molecule has 32 heavy (non-hydrogen) atoms. The number of fused-ring (bicyclic) bond motifs is 1. The van der Waals surface area contributed by atoms with E-state index >= 15 is 0 Å². The number of carboxylic acid groups (broad SMARTS) is 1. The lowest BCUT2D eigenvalue weighted by atomic mass is 10.0. The first-order chi connectivity index (χ1) is 15.4. The Morgan fingerprint density at radius 1 is 1.16 bits per heavy atom. The molecule has 2 N–H and O–H groups in total. The quantitative estimate of drug-likeness (QED) is 0.460. The molecule has 1 atom stereocenters. The summed E-state index contributed by atoms with van der Waals surface area (Å²) in [5.74, 6) is -1.95. The Kier molecular flexibility index (Phi) is 6.03. The molecule has 0 unspecified atom stereocenters. The molecule has 162 valence electrons. The molecule has 0 amide bonds. The smallest absolute Gasteiger partial charge is 0.341 e. The van der Waals surface area contributed by atoms with Crippen molar-refractivity contribution < 1.29 is 19.4 Å². The van der Waals surface area contributed by atoms with Crippen molar-refractivity contribution in [3.05, 3.63) is 110 Å². The molecule has 0 spiro atoms. The van der Waals surface area contributed by atoms with E-state index in [0.29, 0.717) is 16.8 Å². The number of hydrogen-bond donors (Lipinski definition) is 2. The van der Waals surface area contributed by atoms with E-state index in [0.717, 1.165) is 5.56 Å². The van der Waals surface area contributed by atoms with Crippen LogP contribution in [0.5, 0.6) is 0 Å². The molecule has 2 aromatic carbocycles. The van der Waals surface area contributed by atoms with Gasteiger partial charge < -0.3 is 14.8 Å². The maximum Gasteiger partial charge on any atom is 0.341 e. The Balaban J connectivity index is 1.90. The van der Waals surface area contributed by atoms with Crippen LogP contribution in [0.2, 0.25) is 5.02 Å². The average molecular weight is 453 g/mol. The fourth-order valence-corrected chi connectivity index (χ4v) is 3.90. The molecule has 0 saturated heterocycles. The van der Waals surface area contributed by atoms with Gasteiger partial charge in [0.1, 0.15) is 11.4 Å². The van der Waals surface area contributed by atoms with Gasteiger partial charge in [-0.25, -0.2) is 9.18 Å². The summed E-state index contributed by atoms with van der Waals surface area (Å²) in [5.41, 5.74) is 0.669. The second-order valence-corrected chi connectivity index (χ2v) is 7.68. The highest BCUT2D eigenvalue weighted by molar-refractivity contribution is 6.30. The van der Waals surface area contributed by atoms with Crippen LogP contribution in [0.3, 0.4) is 0 Å². The zero-order chi connectivity index (χ0) is 22.8. The number of pyridine rings is 2. The molecule has 8 heteroatoms. The van der Waals surface area contributed by atoms with Gasteiger partial charge in [-0.2, -0.15) is 0 Å². The van der Waals surface area contributed by atoms with E-state index in [1.807, 2.05) is 6.07 Å². The SMILES string of the molecule is O=C(O)c1cn([C@@H](CO)c2ccccc2)c2cnc(Cc3cccc(Cl)c3F)cc2c1=O. The van der Waals surface area contributed by atoms with Crippen molar-refractivity contribution in [1.29, 1.82) is 0 Å². The highest BCUT2D eigenvalue weighted by Gasteiger charge is 2.21. The lowest BCUT2D eigenvalue weighted by Crippen LogP contribution is -2.23. The number of carbonyl (C=O) groups is 1. The largest absolute Gasteiger partial charge is 0.477 e. The monoisotopic (exact) mass is 452 g/mol. The summed E-state index contributed by atoms with van der Waals surface area (Å²) < 4.78 is 15.9. The minimum atomic E-state index is -1.38. The third-order valence-corrected chi connectivity index (χ3v) is 5.59. The molecule has 0 radical (unpaired) electrons. The maximum atomic E-state index is 14.3. The number of aromatic nitrogens is 2. The van der Waals surface area contributed by atoms with Gasteiger partial charge in [0.25, 0.3) is 0 Å². The number of rotatable bonds is 6. The number of halogens is 2. The second-order valence-electron chi connectivity index (χ2n) is 7.28. The van der Waals surface area contributed by atoms with E-state index in [4.69, 9.17) is 11.6 Å². The highest BCUT2D eigenvalue weighted by atomic mass is 35.5. The highest BCUT2D eigenvalue weighted by Crippen LogP contribution is 2.25. The number of benzene rings is 2. The molecule has 0 saturated carbocycles. The molecule has 0 bridgehead atoms. The van der Waals surface area contributed by atoms with Crippen molar-refractivity contribution in [2.45, 2.75) is 12.5 Å². The number of aliphatic hydroxyl groups is 1. The van der Waals surface area contributed by atoms with E-state index in [9.17, 15) is 24.2 Å². The fraction of sp³-hybridized carbons (Fsp3) is 0.125. The molecule has 0 aliphatic rings. The summed E-state index contributed by atoms with van der Waals surface area (Å²) in [5, 5.41) is 19.8. The van der Waals surface area contributed by atoms with Crippen molar-refractivity contribution in [1.82, 2.24) is 9.55 Å². The lowest BCUT2D eigenvalue weighted by Gasteiger charge is -2.22. The lowest BCUT2D eigenvalue weighted by molar-refractivity contribution is 0.0694. The van der Waals surface area contributed by atoms with Crippen LogP contribution in [-0.2, 0) is 6.42 Å². The van der Waals surface area contributed by atoms with E-state index < -0.39 is 28.8 Å². The van der Waals surface area contributed by atoms with Crippen molar-refractivity contribution >= 4 is 28.5 Å². The van der Waals surface area contributed by atoms with Crippen LogP contribution in [0.15, 0.2) is 71.8 Å². The third-order valence-electron chi connectivity index (χ3n) is 5.30. The molecule has 6 nitrogen and oxygen atoms in total. The predicted octanol–water partition coefficient (Wildman–Crippen LogP) is 4.06. The fourth-order valence-electron chi connectivity index (χ4n) is 3.71. The van der Waals surface area contributed by atoms with Gasteiger partial charge in [-0.05, 0) is 23.3 Å². The molecule has 4 aromatic rings. The van der Waals surface area contributed by atoms with Crippen LogP contribution in [-0.4, -0.2) is 32.3 Å². The molecular weight excluding hydrogens is 435 g/mol. The Morgan fingerprint density at radius 2 is 1.91 bits per heavy atom. The third kappa shape index (κ3) is 4.00. The van der Waals surface area contributed by atoms with Crippen molar-refractivity contribution in [3.63, 3.8) is 0 Å². The molecular formula is C24H18ClFN2O4. The Hall–Kier alpha value is -3.55. The number of carboxylic acids is 1. The minimum absolute atomic E-state index is 0.0209. The number of hydrogen-bond acceptors (Lipinski definition) is 4. The van der Waals surface area contributed by atoms with Crippen molar-refractivity contribution in [2.24, 2.45) is 0 Å². The first-order valence-electron chi connectivity index (χ1n) is 9.76. The van der Waals surface area contributed by atoms with Gasteiger partial charge in [0.2, 0.25) is 5.43 Å². The first-order valence-corrected chi connectivity index (χ1v) is 10.1. The number of nitrogens with zero attached hydrogens (tertiary/aromatic N) is 2. The van der Waals surface area contributed by atoms with Gasteiger partial charge >= 0.3 is 5.97 Å². The maximum absolute atomic E-state index is 14.3. The van der Waals surface area contributed by atoms with E-state index in [1.54, 1.807) is 36.4 Å². The molecule has 2 heterocycles. The van der Waals surface area contributed by atoms with Crippen LogP contribution >= 0.6 is 11.6 Å². The summed E-state index contributed by atoms with van der Waals surface area (Å²) in [6.45, 7) is -0.323. The van der Waals surface area contributed by atoms with Gasteiger partial charge in [0.15, 0.2) is 0 Å². The Labute approximate surface area is 187 Å². The van der Waals surface area contributed by atoms with Gasteiger partial charge in [0, 0.05) is 23.7 Å². The Bertz CT molecular complexity index is 1370. The van der Waals surface area contributed by atoms with Crippen LogP contribution in [0.25, 0.3) is 10.9 Å². The van der Waals surface area contributed by atoms with Crippen molar-refractivity contribution in [2.75, 3.05) is 6.61 Å². The van der Waals surface area contributed by atoms with Gasteiger partial charge in [0.05, 0.1) is 29.4 Å². The summed E-state index contributed by atoms with van der Waals surface area (Å²) in [7, 11) is 0. The second kappa shape index (κ2) is 8.90. The zero-order valence-corrected chi connectivity index (χ0v) is 17.5. The summed E-state index contributed by atoms with van der Waals surface area (Å²) in [6, 6.07) is 14.5. The van der Waals surface area contributed by atoms with Crippen LogP contribution in [0, 0.1) is 5.82 Å². The summed E-state index contributed by atoms with van der Waals surface area (Å²) >= 11 is 5.85. The number of aromatic carboxylic acids is 1. The van der Waals surface area contributed by atoms with E-state index in [1.165, 1.54) is 29.1 Å². The van der Waals surface area contributed by atoms with Gasteiger partial charge in [-0.1, -0.05) is 54.1 Å². The van der Waals surface area contributed by atoms with Crippen LogP contribution in [0.4, 0.5) is 4.39 Å². The zero-order valence-electron chi connectivity index (χ0n) is 16.7. The summed E-state index contributed by atoms with van der Waals surface area (Å²) in [4.78, 5) is 29.0.